The number of likely N-dealkylation sites (tertiary alicyclic amines) is 1. The van der Waals surface area contributed by atoms with E-state index in [1.54, 1.807) is 24.3 Å². The number of nitrogens with zero attached hydrogens (tertiary/aromatic N) is 1. The van der Waals surface area contributed by atoms with E-state index in [2.05, 4.69) is 45.2 Å². The summed E-state index contributed by atoms with van der Waals surface area (Å²) in [5, 5.41) is 9.37. The van der Waals surface area contributed by atoms with Gasteiger partial charge in [-0.15, -0.1) is 0 Å². The lowest BCUT2D eigenvalue weighted by molar-refractivity contribution is -0.131. The van der Waals surface area contributed by atoms with Crippen LogP contribution in [0.5, 0.6) is 17.2 Å². The SMILES string of the molecule is O=C(Cc1cc(I)c(Oc2ccc(O)cc2)c(I)c1)N1CCCCC1. The third-order valence-corrected chi connectivity index (χ3v) is 5.78. The van der Waals surface area contributed by atoms with Crippen LogP contribution in [-0.4, -0.2) is 29.0 Å². The lowest BCUT2D eigenvalue weighted by Gasteiger charge is -2.26. The average molecular weight is 563 g/mol. The molecule has 2 aromatic carbocycles. The Kier molecular flexibility index (Phi) is 6.43. The van der Waals surface area contributed by atoms with E-state index in [1.165, 1.54) is 6.42 Å². The van der Waals surface area contributed by atoms with Crippen LogP contribution in [0.15, 0.2) is 36.4 Å². The first-order valence-electron chi connectivity index (χ1n) is 8.25. The van der Waals surface area contributed by atoms with Crippen molar-refractivity contribution in [2.24, 2.45) is 0 Å². The zero-order valence-corrected chi connectivity index (χ0v) is 18.0. The van der Waals surface area contributed by atoms with E-state index >= 15 is 0 Å². The summed E-state index contributed by atoms with van der Waals surface area (Å²) >= 11 is 4.48. The van der Waals surface area contributed by atoms with Crippen molar-refractivity contribution in [2.75, 3.05) is 13.1 Å². The third kappa shape index (κ3) is 4.99. The predicted molar refractivity (Wildman–Crippen MR) is 114 cm³/mol. The summed E-state index contributed by atoms with van der Waals surface area (Å²) in [5.41, 5.74) is 1.02. The molecule has 0 aromatic heterocycles. The van der Waals surface area contributed by atoms with Crippen LogP contribution in [0, 0.1) is 7.14 Å². The van der Waals surface area contributed by atoms with Crippen LogP contribution in [0.3, 0.4) is 0 Å². The van der Waals surface area contributed by atoms with Gasteiger partial charge in [0, 0.05) is 13.1 Å². The minimum atomic E-state index is 0.207. The molecule has 0 spiro atoms. The minimum Gasteiger partial charge on any atom is -0.508 e. The molecule has 25 heavy (non-hydrogen) atoms. The topological polar surface area (TPSA) is 49.8 Å². The van der Waals surface area contributed by atoms with Crippen molar-refractivity contribution in [2.45, 2.75) is 25.7 Å². The van der Waals surface area contributed by atoms with Gasteiger partial charge in [-0.1, -0.05) is 0 Å². The number of benzene rings is 2. The Morgan fingerprint density at radius 3 is 2.24 bits per heavy atom. The van der Waals surface area contributed by atoms with Crippen molar-refractivity contribution < 1.29 is 14.6 Å². The van der Waals surface area contributed by atoms with Gasteiger partial charge in [0.2, 0.25) is 5.91 Å². The first kappa shape index (κ1) is 18.8. The number of aromatic hydroxyl groups is 1. The summed E-state index contributed by atoms with van der Waals surface area (Å²) in [4.78, 5) is 14.4. The number of rotatable bonds is 4. The highest BCUT2D eigenvalue weighted by Gasteiger charge is 2.18. The molecule has 3 rings (SSSR count). The van der Waals surface area contributed by atoms with E-state index in [9.17, 15) is 9.90 Å². The highest BCUT2D eigenvalue weighted by Crippen LogP contribution is 2.33. The zero-order chi connectivity index (χ0) is 17.8. The Balaban J connectivity index is 1.73. The summed E-state index contributed by atoms with van der Waals surface area (Å²) in [7, 11) is 0. The summed E-state index contributed by atoms with van der Waals surface area (Å²) < 4.78 is 7.89. The summed E-state index contributed by atoms with van der Waals surface area (Å²) in [6, 6.07) is 10.7. The molecule has 1 aliphatic rings. The van der Waals surface area contributed by atoms with Crippen LogP contribution in [0.25, 0.3) is 0 Å². The van der Waals surface area contributed by atoms with Gasteiger partial charge in [-0.25, -0.2) is 0 Å². The second-order valence-electron chi connectivity index (χ2n) is 6.10. The number of carbonyl (C=O) groups is 1. The van der Waals surface area contributed by atoms with Crippen molar-refractivity contribution in [1.82, 2.24) is 4.90 Å². The molecule has 1 aliphatic heterocycles. The molecule has 0 radical (unpaired) electrons. The molecular formula is C19H19I2NO3. The maximum Gasteiger partial charge on any atom is 0.226 e. The molecule has 1 saturated heterocycles. The fourth-order valence-corrected chi connectivity index (χ4v) is 4.99. The van der Waals surface area contributed by atoms with Crippen molar-refractivity contribution in [3.05, 3.63) is 49.1 Å². The van der Waals surface area contributed by atoms with Crippen LogP contribution >= 0.6 is 45.2 Å². The van der Waals surface area contributed by atoms with Crippen LogP contribution < -0.4 is 4.74 Å². The van der Waals surface area contributed by atoms with E-state index < -0.39 is 0 Å². The maximum atomic E-state index is 12.5. The molecule has 6 heteroatoms. The smallest absolute Gasteiger partial charge is 0.226 e. The molecule has 4 nitrogen and oxygen atoms in total. The standard InChI is InChI=1S/C19H19I2NO3/c20-16-10-13(12-18(24)22-8-2-1-3-9-22)11-17(21)19(16)25-15-6-4-14(23)5-7-15/h4-7,10-11,23H,1-3,8-9,12H2. The number of hydrogen-bond acceptors (Lipinski definition) is 3. The van der Waals surface area contributed by atoms with Crippen LogP contribution in [0.1, 0.15) is 24.8 Å². The Morgan fingerprint density at radius 1 is 1.04 bits per heavy atom. The van der Waals surface area contributed by atoms with Gasteiger partial charge in [0.05, 0.1) is 13.6 Å². The summed E-state index contributed by atoms with van der Waals surface area (Å²) in [6.07, 6.45) is 3.88. The highest BCUT2D eigenvalue weighted by molar-refractivity contribution is 14.1. The number of hydrogen-bond donors (Lipinski definition) is 1. The average Bonchev–Trinajstić information content (AvgIpc) is 2.60. The van der Waals surface area contributed by atoms with E-state index in [-0.39, 0.29) is 11.7 Å². The van der Waals surface area contributed by atoms with E-state index in [0.717, 1.165) is 44.4 Å². The van der Waals surface area contributed by atoms with Gasteiger partial charge >= 0.3 is 0 Å². The van der Waals surface area contributed by atoms with Gasteiger partial charge in [0.15, 0.2) is 5.75 Å². The molecule has 1 amide bonds. The number of amides is 1. The molecule has 0 unspecified atom stereocenters. The molecule has 0 saturated carbocycles. The second-order valence-corrected chi connectivity index (χ2v) is 8.43. The summed E-state index contributed by atoms with van der Waals surface area (Å²) in [6.45, 7) is 1.77. The fraction of sp³-hybridized carbons (Fsp3) is 0.316. The van der Waals surface area contributed by atoms with Gasteiger partial charge < -0.3 is 14.7 Å². The molecule has 0 atom stereocenters. The number of phenols is 1. The molecule has 2 aromatic rings. The van der Waals surface area contributed by atoms with Crippen LogP contribution in [-0.2, 0) is 11.2 Å². The Morgan fingerprint density at radius 2 is 1.64 bits per heavy atom. The van der Waals surface area contributed by atoms with Crippen molar-refractivity contribution in [3.8, 4) is 17.2 Å². The minimum absolute atomic E-state index is 0.207. The third-order valence-electron chi connectivity index (χ3n) is 4.18. The molecule has 0 bridgehead atoms. The maximum absolute atomic E-state index is 12.5. The van der Waals surface area contributed by atoms with Gasteiger partial charge in [0.1, 0.15) is 11.5 Å². The Labute approximate surface area is 174 Å². The number of carbonyl (C=O) groups excluding carboxylic acids is 1. The van der Waals surface area contributed by atoms with Crippen molar-refractivity contribution >= 4 is 51.1 Å². The van der Waals surface area contributed by atoms with Crippen LogP contribution in [0.4, 0.5) is 0 Å². The molecule has 1 N–H and O–H groups in total. The lowest BCUT2D eigenvalue weighted by Crippen LogP contribution is -2.36. The first-order chi connectivity index (χ1) is 12.0. The van der Waals surface area contributed by atoms with Gasteiger partial charge in [-0.2, -0.15) is 0 Å². The number of piperidine rings is 1. The molecule has 132 valence electrons. The molecular weight excluding hydrogens is 544 g/mol. The Bertz CT molecular complexity index is 733. The van der Waals surface area contributed by atoms with Gasteiger partial charge in [-0.05, 0) is 106 Å². The Hall–Kier alpha value is -1.03. The normalized spacial score (nSPS) is 14.4. The first-order valence-corrected chi connectivity index (χ1v) is 10.4. The monoisotopic (exact) mass is 563 g/mol. The van der Waals surface area contributed by atoms with E-state index in [0.29, 0.717) is 12.2 Å². The van der Waals surface area contributed by atoms with Crippen molar-refractivity contribution in [1.29, 1.82) is 0 Å². The highest BCUT2D eigenvalue weighted by atomic mass is 127. The number of phenolic OH excluding ortho intramolecular Hbond substituents is 1. The van der Waals surface area contributed by atoms with E-state index in [4.69, 9.17) is 4.74 Å². The lowest BCUT2D eigenvalue weighted by atomic mass is 10.1. The van der Waals surface area contributed by atoms with Gasteiger partial charge in [-0.3, -0.25) is 4.79 Å². The molecule has 1 heterocycles. The fourth-order valence-electron chi connectivity index (χ4n) is 2.87. The zero-order valence-electron chi connectivity index (χ0n) is 13.7. The molecule has 0 aliphatic carbocycles. The number of halogens is 2. The predicted octanol–water partition coefficient (Wildman–Crippen LogP) is 4.95. The number of ether oxygens (including phenoxy) is 1. The van der Waals surface area contributed by atoms with Crippen LogP contribution in [0.2, 0.25) is 0 Å². The second kappa shape index (κ2) is 8.57. The molecule has 1 fully saturated rings. The van der Waals surface area contributed by atoms with Crippen molar-refractivity contribution in [3.63, 3.8) is 0 Å². The van der Waals surface area contributed by atoms with Gasteiger partial charge in [0.25, 0.3) is 0 Å². The largest absolute Gasteiger partial charge is 0.508 e. The summed E-state index contributed by atoms with van der Waals surface area (Å²) in [5.74, 6) is 1.87. The quantitative estimate of drug-likeness (QED) is 0.537. The van der Waals surface area contributed by atoms with E-state index in [1.807, 2.05) is 17.0 Å².